The van der Waals surface area contributed by atoms with E-state index in [2.05, 4.69) is 14.9 Å². The van der Waals surface area contributed by atoms with Crippen LogP contribution < -0.4 is 5.32 Å². The number of nitrogens with one attached hydrogen (secondary N) is 1. The van der Waals surface area contributed by atoms with Crippen LogP contribution in [0.25, 0.3) is 0 Å². The number of hydrogen-bond donors (Lipinski definition) is 2. The maximum absolute atomic E-state index is 11.9. The highest BCUT2D eigenvalue weighted by atomic mass is 35.5. The number of carbonyl (C=O) groups is 2. The van der Waals surface area contributed by atoms with Crippen LogP contribution in [-0.4, -0.2) is 26.6 Å². The highest BCUT2D eigenvalue weighted by Gasteiger charge is 2.15. The number of amides is 1. The van der Waals surface area contributed by atoms with Crippen LogP contribution in [-0.2, 0) is 0 Å². The highest BCUT2D eigenvalue weighted by Crippen LogP contribution is 2.24. The van der Waals surface area contributed by atoms with Crippen LogP contribution in [0.2, 0.25) is 5.02 Å². The molecule has 0 unspecified atom stereocenters. The number of rotatable bonds is 3. The Morgan fingerprint density at radius 1 is 1.42 bits per heavy atom. The predicted octanol–water partition coefficient (Wildman–Crippen LogP) is 2.45. The molecule has 0 spiro atoms. The van der Waals surface area contributed by atoms with E-state index in [4.69, 9.17) is 16.7 Å². The van der Waals surface area contributed by atoms with Crippen molar-refractivity contribution in [2.75, 3.05) is 5.32 Å². The van der Waals surface area contributed by atoms with Crippen molar-refractivity contribution in [3.63, 3.8) is 0 Å². The maximum atomic E-state index is 11.9. The lowest BCUT2D eigenvalue weighted by Crippen LogP contribution is -2.12. The average Bonchev–Trinajstić information content (AvgIpc) is 2.78. The Hall–Kier alpha value is -1.99. The number of carbonyl (C=O) groups excluding carboxylic acids is 1. The van der Waals surface area contributed by atoms with Gasteiger partial charge in [0, 0.05) is 0 Å². The molecule has 0 fully saturated rings. The summed E-state index contributed by atoms with van der Waals surface area (Å²) >= 11 is 6.87. The summed E-state index contributed by atoms with van der Waals surface area (Å²) in [6.45, 7) is 1.66. The molecule has 2 N–H and O–H groups in total. The smallest absolute Gasteiger partial charge is 0.335 e. The number of anilines is 1. The minimum absolute atomic E-state index is 0.0406. The summed E-state index contributed by atoms with van der Waals surface area (Å²) in [5, 5.41) is 15.4. The number of carboxylic acid groups (broad SMARTS) is 1. The van der Waals surface area contributed by atoms with Gasteiger partial charge in [0.2, 0.25) is 0 Å². The van der Waals surface area contributed by atoms with Gasteiger partial charge >= 0.3 is 5.97 Å². The number of nitrogens with zero attached hydrogens (tertiary/aromatic N) is 2. The molecule has 98 valence electrons. The van der Waals surface area contributed by atoms with Gasteiger partial charge in [-0.3, -0.25) is 4.79 Å². The van der Waals surface area contributed by atoms with Crippen molar-refractivity contribution in [1.82, 2.24) is 9.59 Å². The minimum atomic E-state index is -1.09. The normalized spacial score (nSPS) is 10.2. The number of halogens is 1. The Morgan fingerprint density at radius 3 is 2.74 bits per heavy atom. The van der Waals surface area contributed by atoms with Crippen molar-refractivity contribution in [1.29, 1.82) is 0 Å². The van der Waals surface area contributed by atoms with Crippen molar-refractivity contribution >= 4 is 40.7 Å². The van der Waals surface area contributed by atoms with Crippen molar-refractivity contribution in [2.45, 2.75) is 6.92 Å². The molecule has 0 atom stereocenters. The molecule has 0 saturated carbocycles. The van der Waals surface area contributed by atoms with Crippen LogP contribution in [0.3, 0.4) is 0 Å². The molecule has 0 saturated heterocycles. The molecular weight excluding hydrogens is 290 g/mol. The van der Waals surface area contributed by atoms with Crippen LogP contribution >= 0.6 is 23.1 Å². The molecule has 0 aliphatic heterocycles. The van der Waals surface area contributed by atoms with Gasteiger partial charge in [-0.2, -0.15) is 0 Å². The Labute approximate surface area is 117 Å². The van der Waals surface area contributed by atoms with E-state index in [-0.39, 0.29) is 16.3 Å². The van der Waals surface area contributed by atoms with Gasteiger partial charge < -0.3 is 10.4 Å². The topological polar surface area (TPSA) is 92.2 Å². The first kappa shape index (κ1) is 13.4. The fourth-order valence-electron chi connectivity index (χ4n) is 1.37. The van der Waals surface area contributed by atoms with E-state index in [1.807, 2.05) is 0 Å². The molecular formula is C11H8ClN3O3S. The number of hydrogen-bond acceptors (Lipinski definition) is 5. The largest absolute Gasteiger partial charge is 0.478 e. The van der Waals surface area contributed by atoms with Crippen LogP contribution in [0.4, 0.5) is 5.69 Å². The third kappa shape index (κ3) is 2.88. The molecule has 8 heteroatoms. The molecule has 1 heterocycles. The van der Waals surface area contributed by atoms with Crippen LogP contribution in [0, 0.1) is 6.92 Å². The summed E-state index contributed by atoms with van der Waals surface area (Å²) in [6.07, 6.45) is 0. The zero-order chi connectivity index (χ0) is 14.0. The molecule has 19 heavy (non-hydrogen) atoms. The summed E-state index contributed by atoms with van der Waals surface area (Å²) in [6, 6.07) is 4.07. The first-order valence-electron chi connectivity index (χ1n) is 5.12. The fraction of sp³-hybridized carbons (Fsp3) is 0.0909. The highest BCUT2D eigenvalue weighted by molar-refractivity contribution is 7.08. The van der Waals surface area contributed by atoms with Crippen molar-refractivity contribution in [3.05, 3.63) is 39.4 Å². The molecule has 0 radical (unpaired) electrons. The second-order valence-electron chi connectivity index (χ2n) is 3.64. The van der Waals surface area contributed by atoms with E-state index in [1.165, 1.54) is 18.2 Å². The number of aromatic carboxylic acids is 1. The van der Waals surface area contributed by atoms with E-state index in [1.54, 1.807) is 6.92 Å². The van der Waals surface area contributed by atoms with Gasteiger partial charge in [-0.1, -0.05) is 16.1 Å². The van der Waals surface area contributed by atoms with E-state index in [9.17, 15) is 9.59 Å². The van der Waals surface area contributed by atoms with Crippen molar-refractivity contribution in [3.8, 4) is 0 Å². The quantitative estimate of drug-likeness (QED) is 0.908. The van der Waals surface area contributed by atoms with Crippen molar-refractivity contribution in [2.24, 2.45) is 0 Å². The molecule has 0 aliphatic carbocycles. The predicted molar refractivity (Wildman–Crippen MR) is 71.0 cm³/mol. The first-order chi connectivity index (χ1) is 8.99. The van der Waals surface area contributed by atoms with E-state index < -0.39 is 11.9 Å². The number of carboxylic acids is 1. The molecule has 0 aliphatic rings. The van der Waals surface area contributed by atoms with Crippen LogP contribution in [0.1, 0.15) is 25.7 Å². The van der Waals surface area contributed by atoms with Crippen molar-refractivity contribution < 1.29 is 14.7 Å². The van der Waals surface area contributed by atoms with Gasteiger partial charge in [-0.15, -0.1) is 5.10 Å². The SMILES string of the molecule is Cc1nnsc1C(=O)Nc1cc(C(=O)O)ccc1Cl. The van der Waals surface area contributed by atoms with Crippen LogP contribution in [0.5, 0.6) is 0 Å². The Balaban J connectivity index is 2.28. The molecule has 0 bridgehead atoms. The summed E-state index contributed by atoms with van der Waals surface area (Å²) in [5.41, 5.74) is 0.784. The Bertz CT molecular complexity index is 656. The van der Waals surface area contributed by atoms with Gasteiger partial charge in [-0.05, 0) is 36.7 Å². The van der Waals surface area contributed by atoms with Gasteiger partial charge in [0.1, 0.15) is 4.88 Å². The minimum Gasteiger partial charge on any atom is -0.478 e. The molecule has 2 aromatic rings. The molecule has 6 nitrogen and oxygen atoms in total. The second kappa shape index (κ2) is 5.33. The number of aryl methyl sites for hydroxylation is 1. The van der Waals surface area contributed by atoms with E-state index in [0.717, 1.165) is 11.5 Å². The third-order valence-corrected chi connectivity index (χ3v) is 3.48. The lowest BCUT2D eigenvalue weighted by molar-refractivity contribution is 0.0696. The second-order valence-corrected chi connectivity index (χ2v) is 4.80. The number of benzene rings is 1. The number of aromatic nitrogens is 2. The van der Waals surface area contributed by atoms with Gasteiger partial charge in [0.15, 0.2) is 0 Å². The fourth-order valence-corrected chi connectivity index (χ4v) is 2.09. The van der Waals surface area contributed by atoms with E-state index in [0.29, 0.717) is 10.6 Å². The zero-order valence-corrected chi connectivity index (χ0v) is 11.2. The molecule has 1 amide bonds. The van der Waals surface area contributed by atoms with Gasteiger partial charge in [0.25, 0.3) is 5.91 Å². The van der Waals surface area contributed by atoms with Gasteiger partial charge in [-0.25, -0.2) is 4.79 Å². The Kier molecular flexibility index (Phi) is 3.77. The lowest BCUT2D eigenvalue weighted by atomic mass is 10.2. The standard InChI is InChI=1S/C11H8ClN3O3S/c1-5-9(19-15-14-5)10(16)13-8-4-6(11(17)18)2-3-7(8)12/h2-4H,1H3,(H,13,16)(H,17,18). The lowest BCUT2D eigenvalue weighted by Gasteiger charge is -2.07. The summed E-state index contributed by atoms with van der Waals surface area (Å²) < 4.78 is 3.66. The summed E-state index contributed by atoms with van der Waals surface area (Å²) in [5.74, 6) is -1.51. The van der Waals surface area contributed by atoms with Gasteiger partial charge in [0.05, 0.1) is 22.0 Å². The maximum Gasteiger partial charge on any atom is 0.335 e. The molecule has 1 aromatic heterocycles. The summed E-state index contributed by atoms with van der Waals surface area (Å²) in [7, 11) is 0. The zero-order valence-electron chi connectivity index (χ0n) is 9.68. The first-order valence-corrected chi connectivity index (χ1v) is 6.27. The third-order valence-electron chi connectivity index (χ3n) is 2.32. The van der Waals surface area contributed by atoms with E-state index >= 15 is 0 Å². The average molecular weight is 298 g/mol. The Morgan fingerprint density at radius 2 is 2.16 bits per heavy atom. The molecule has 1 aromatic carbocycles. The molecule has 2 rings (SSSR count). The summed E-state index contributed by atoms with van der Waals surface area (Å²) in [4.78, 5) is 23.2. The van der Waals surface area contributed by atoms with Crippen LogP contribution in [0.15, 0.2) is 18.2 Å². The monoisotopic (exact) mass is 297 g/mol.